The predicted octanol–water partition coefficient (Wildman–Crippen LogP) is 4.43. The first-order valence-corrected chi connectivity index (χ1v) is 15.1. The summed E-state index contributed by atoms with van der Waals surface area (Å²) in [6, 6.07) is 0. The van der Waals surface area contributed by atoms with Crippen LogP contribution in [0.5, 0.6) is 0 Å². The largest absolute Gasteiger partial charge is 0.463 e. The van der Waals surface area contributed by atoms with Gasteiger partial charge in [-0.05, 0) is 93.8 Å². The van der Waals surface area contributed by atoms with E-state index in [-0.39, 0.29) is 77.1 Å². The number of rotatable bonds is 7. The Balaban J connectivity index is 1.69. The van der Waals surface area contributed by atoms with Crippen LogP contribution in [0.1, 0.15) is 99.8 Å². The average Bonchev–Trinajstić information content (AvgIpc) is 3.17. The summed E-state index contributed by atoms with van der Waals surface area (Å²) in [4.78, 5) is 37.1. The van der Waals surface area contributed by atoms with Gasteiger partial charge in [0.2, 0.25) is 0 Å². The minimum Gasteiger partial charge on any atom is -0.463 e. The lowest BCUT2D eigenvalue weighted by Gasteiger charge is -2.65. The molecule has 4 aliphatic rings. The van der Waals surface area contributed by atoms with Crippen LogP contribution in [0.15, 0.2) is 0 Å². The third kappa shape index (κ3) is 5.49. The fourth-order valence-corrected chi connectivity index (χ4v) is 9.73. The quantitative estimate of drug-likeness (QED) is 0.353. The Morgan fingerprint density at radius 3 is 2.15 bits per heavy atom. The van der Waals surface area contributed by atoms with E-state index in [9.17, 15) is 24.6 Å². The SMILES string of the molecule is CC(=O)O[C@H]1CC2C([C@H](OC(C)=O)C[C@@H]3C[C@H](O)C[C@@H](O)[C@]23C)[C@@H]2CC[C@H]([C@H](C)CCC(=O)OC(C)C)[C@@]12C. The molecule has 2 unspecified atom stereocenters. The second kappa shape index (κ2) is 11.3. The zero-order valence-electron chi connectivity index (χ0n) is 24.9. The van der Waals surface area contributed by atoms with Gasteiger partial charge in [0.05, 0.1) is 18.3 Å². The van der Waals surface area contributed by atoms with Crippen molar-refractivity contribution in [3.63, 3.8) is 0 Å². The number of carbonyl (C=O) groups excluding carboxylic acids is 3. The lowest BCUT2D eigenvalue weighted by molar-refractivity contribution is -0.243. The molecule has 0 bridgehead atoms. The highest BCUT2D eigenvalue weighted by Crippen LogP contribution is 2.69. The Bertz CT molecular complexity index is 934. The van der Waals surface area contributed by atoms with Crippen molar-refractivity contribution in [3.8, 4) is 0 Å². The molecule has 4 saturated carbocycles. The fraction of sp³-hybridized carbons (Fsp3) is 0.903. The molecule has 8 nitrogen and oxygen atoms in total. The van der Waals surface area contributed by atoms with Gasteiger partial charge in [-0.2, -0.15) is 0 Å². The number of fused-ring (bicyclic) bond motifs is 5. The van der Waals surface area contributed by atoms with Gasteiger partial charge in [0, 0.05) is 31.6 Å². The van der Waals surface area contributed by atoms with E-state index in [4.69, 9.17) is 14.2 Å². The number of aliphatic hydroxyl groups excluding tert-OH is 2. The van der Waals surface area contributed by atoms with Crippen molar-refractivity contribution in [3.05, 3.63) is 0 Å². The molecule has 0 aliphatic heterocycles. The molecule has 4 aliphatic carbocycles. The maximum absolute atomic E-state index is 12.4. The molecule has 222 valence electrons. The van der Waals surface area contributed by atoms with Crippen molar-refractivity contribution in [2.75, 3.05) is 0 Å². The molecule has 2 N–H and O–H groups in total. The van der Waals surface area contributed by atoms with Crippen LogP contribution >= 0.6 is 0 Å². The molecule has 0 saturated heterocycles. The molecule has 8 heteroatoms. The van der Waals surface area contributed by atoms with E-state index in [0.29, 0.717) is 38.5 Å². The van der Waals surface area contributed by atoms with Crippen molar-refractivity contribution >= 4 is 17.9 Å². The molecular formula is C31H50O8. The first-order chi connectivity index (χ1) is 18.2. The van der Waals surface area contributed by atoms with Gasteiger partial charge in [-0.25, -0.2) is 0 Å². The number of hydrogen-bond donors (Lipinski definition) is 2. The number of carbonyl (C=O) groups is 3. The molecule has 0 spiro atoms. The van der Waals surface area contributed by atoms with Gasteiger partial charge in [0.1, 0.15) is 12.2 Å². The maximum atomic E-state index is 12.4. The van der Waals surface area contributed by atoms with E-state index in [0.717, 1.165) is 12.8 Å². The standard InChI is InChI=1S/C31H50O8/c1-16(2)37-28(36)11-8-17(3)22-9-10-23-29-24(15-27(31(22,23)7)39-19(5)33)30(6)20(12-21(34)14-26(30)35)13-25(29)38-18(4)32/h16-17,20-27,29,34-35H,8-15H2,1-7H3/t17-,20+,21+,22-,23+,24?,25-,26-,27+,29?,30+,31-/m1/s1. The van der Waals surface area contributed by atoms with Crippen molar-refractivity contribution in [1.82, 2.24) is 0 Å². The van der Waals surface area contributed by atoms with Gasteiger partial charge >= 0.3 is 17.9 Å². The highest BCUT2D eigenvalue weighted by Gasteiger charge is 2.69. The first-order valence-electron chi connectivity index (χ1n) is 15.1. The predicted molar refractivity (Wildman–Crippen MR) is 144 cm³/mol. The van der Waals surface area contributed by atoms with Crippen molar-refractivity contribution in [2.24, 2.45) is 46.3 Å². The summed E-state index contributed by atoms with van der Waals surface area (Å²) >= 11 is 0. The summed E-state index contributed by atoms with van der Waals surface area (Å²) in [6.07, 6.45) is 2.98. The average molecular weight is 551 g/mol. The third-order valence-corrected chi connectivity index (χ3v) is 11.4. The summed E-state index contributed by atoms with van der Waals surface area (Å²) in [6.45, 7) is 13.2. The van der Waals surface area contributed by atoms with Gasteiger partial charge in [-0.1, -0.05) is 20.8 Å². The summed E-state index contributed by atoms with van der Waals surface area (Å²) in [7, 11) is 0. The Kier molecular flexibility index (Phi) is 8.78. The van der Waals surface area contributed by atoms with E-state index < -0.39 is 17.6 Å². The lowest BCUT2D eigenvalue weighted by atomic mass is 9.42. The van der Waals surface area contributed by atoms with Crippen LogP contribution in [0.25, 0.3) is 0 Å². The van der Waals surface area contributed by atoms with Gasteiger partial charge < -0.3 is 24.4 Å². The normalized spacial score (nSPS) is 44.0. The van der Waals surface area contributed by atoms with E-state index in [1.54, 1.807) is 0 Å². The zero-order chi connectivity index (χ0) is 28.9. The second-order valence-corrected chi connectivity index (χ2v) is 13.8. The highest BCUT2D eigenvalue weighted by molar-refractivity contribution is 5.69. The molecule has 0 aromatic rings. The topological polar surface area (TPSA) is 119 Å². The second-order valence-electron chi connectivity index (χ2n) is 13.8. The number of ether oxygens (including phenoxy) is 3. The van der Waals surface area contributed by atoms with E-state index in [1.807, 2.05) is 13.8 Å². The van der Waals surface area contributed by atoms with Crippen LogP contribution < -0.4 is 0 Å². The summed E-state index contributed by atoms with van der Waals surface area (Å²) < 4.78 is 17.6. The molecule has 0 heterocycles. The molecule has 4 rings (SSSR count). The van der Waals surface area contributed by atoms with Crippen LogP contribution in [-0.2, 0) is 28.6 Å². The molecule has 12 atom stereocenters. The molecular weight excluding hydrogens is 500 g/mol. The molecule has 0 radical (unpaired) electrons. The number of esters is 3. The number of aliphatic hydroxyl groups is 2. The van der Waals surface area contributed by atoms with Gasteiger partial charge in [0.15, 0.2) is 0 Å². The Labute approximate surface area is 233 Å². The summed E-state index contributed by atoms with van der Waals surface area (Å²) in [5, 5.41) is 21.9. The summed E-state index contributed by atoms with van der Waals surface area (Å²) in [5.74, 6) is -0.221. The van der Waals surface area contributed by atoms with Gasteiger partial charge in [-0.15, -0.1) is 0 Å². The monoisotopic (exact) mass is 550 g/mol. The van der Waals surface area contributed by atoms with Gasteiger partial charge in [-0.3, -0.25) is 14.4 Å². The van der Waals surface area contributed by atoms with Crippen LogP contribution in [0.2, 0.25) is 0 Å². The Morgan fingerprint density at radius 2 is 1.54 bits per heavy atom. The maximum Gasteiger partial charge on any atom is 0.306 e. The Morgan fingerprint density at radius 1 is 0.872 bits per heavy atom. The lowest BCUT2D eigenvalue weighted by Crippen LogP contribution is -2.66. The molecule has 0 aromatic heterocycles. The van der Waals surface area contributed by atoms with Crippen LogP contribution in [0.3, 0.4) is 0 Å². The Hall–Kier alpha value is -1.67. The van der Waals surface area contributed by atoms with Crippen LogP contribution in [0, 0.1) is 46.3 Å². The van der Waals surface area contributed by atoms with E-state index >= 15 is 0 Å². The smallest absolute Gasteiger partial charge is 0.306 e. The summed E-state index contributed by atoms with van der Waals surface area (Å²) in [5.41, 5.74) is -0.820. The first kappa shape index (κ1) is 30.3. The van der Waals surface area contributed by atoms with Crippen LogP contribution in [0.4, 0.5) is 0 Å². The van der Waals surface area contributed by atoms with E-state index in [1.165, 1.54) is 13.8 Å². The molecule has 4 fully saturated rings. The van der Waals surface area contributed by atoms with Crippen molar-refractivity contribution < 1.29 is 38.8 Å². The van der Waals surface area contributed by atoms with Crippen LogP contribution in [-0.4, -0.2) is 58.6 Å². The number of hydrogen-bond acceptors (Lipinski definition) is 8. The van der Waals surface area contributed by atoms with Crippen molar-refractivity contribution in [1.29, 1.82) is 0 Å². The molecule has 0 amide bonds. The van der Waals surface area contributed by atoms with Crippen molar-refractivity contribution in [2.45, 2.75) is 130 Å². The minimum absolute atomic E-state index is 0.00674. The third-order valence-electron chi connectivity index (χ3n) is 11.4. The zero-order valence-corrected chi connectivity index (χ0v) is 24.9. The fourth-order valence-electron chi connectivity index (χ4n) is 9.73. The van der Waals surface area contributed by atoms with Gasteiger partial charge in [0.25, 0.3) is 0 Å². The highest BCUT2D eigenvalue weighted by atomic mass is 16.6. The van der Waals surface area contributed by atoms with E-state index in [2.05, 4.69) is 20.8 Å². The molecule has 0 aromatic carbocycles. The molecule has 39 heavy (non-hydrogen) atoms. The minimum atomic E-state index is -0.678.